The van der Waals surface area contributed by atoms with Crippen molar-refractivity contribution in [2.24, 2.45) is 0 Å². The lowest BCUT2D eigenvalue weighted by Crippen LogP contribution is -2.30. The Morgan fingerprint density at radius 1 is 1.38 bits per heavy atom. The molecule has 1 amide bonds. The summed E-state index contributed by atoms with van der Waals surface area (Å²) in [5.74, 6) is -1.42. The Bertz CT molecular complexity index is 654. The Labute approximate surface area is 121 Å². The van der Waals surface area contributed by atoms with Gasteiger partial charge in [0.2, 0.25) is 0 Å². The maximum atomic E-state index is 13.8. The number of benzene rings is 1. The molecular formula is C15H17F2N3O. The zero-order chi connectivity index (χ0) is 15.6. The fourth-order valence-electron chi connectivity index (χ4n) is 2.05. The highest BCUT2D eigenvalue weighted by atomic mass is 19.1. The molecule has 6 heteroatoms. The number of amides is 1. The van der Waals surface area contributed by atoms with E-state index in [0.717, 1.165) is 30.3 Å². The fourth-order valence-corrected chi connectivity index (χ4v) is 2.05. The molecule has 2 rings (SSSR count). The molecule has 21 heavy (non-hydrogen) atoms. The zero-order valence-electron chi connectivity index (χ0n) is 12.2. The lowest BCUT2D eigenvalue weighted by Gasteiger charge is -2.25. The van der Waals surface area contributed by atoms with Crippen LogP contribution in [0, 0.1) is 11.6 Å². The number of carbonyl (C=O) groups is 1. The minimum atomic E-state index is -0.602. The van der Waals surface area contributed by atoms with Crippen LogP contribution in [0.5, 0.6) is 0 Å². The SMILES string of the molecule is CCc1cc(C(=O)N(C)C(C)c2cc(F)ccc2F)n[nH]1. The minimum absolute atomic E-state index is 0.136. The Balaban J connectivity index is 2.23. The lowest BCUT2D eigenvalue weighted by molar-refractivity contribution is 0.0734. The molecule has 112 valence electrons. The van der Waals surface area contributed by atoms with Gasteiger partial charge in [-0.1, -0.05) is 6.92 Å². The third kappa shape index (κ3) is 3.09. The van der Waals surface area contributed by atoms with Crippen LogP contribution >= 0.6 is 0 Å². The molecule has 1 N–H and O–H groups in total. The summed E-state index contributed by atoms with van der Waals surface area (Å²) in [6, 6.07) is 4.27. The van der Waals surface area contributed by atoms with Gasteiger partial charge < -0.3 is 4.90 Å². The van der Waals surface area contributed by atoms with Gasteiger partial charge in [0.1, 0.15) is 17.3 Å². The smallest absolute Gasteiger partial charge is 0.274 e. The van der Waals surface area contributed by atoms with Crippen molar-refractivity contribution in [2.45, 2.75) is 26.3 Å². The second-order valence-corrected chi connectivity index (χ2v) is 4.89. The van der Waals surface area contributed by atoms with E-state index < -0.39 is 17.7 Å². The predicted octanol–water partition coefficient (Wildman–Crippen LogP) is 3.08. The second kappa shape index (κ2) is 6.03. The van der Waals surface area contributed by atoms with Crippen LogP contribution in [-0.2, 0) is 6.42 Å². The highest BCUT2D eigenvalue weighted by molar-refractivity contribution is 5.92. The van der Waals surface area contributed by atoms with Gasteiger partial charge in [0.05, 0.1) is 6.04 Å². The van der Waals surface area contributed by atoms with Crippen molar-refractivity contribution in [1.82, 2.24) is 15.1 Å². The summed E-state index contributed by atoms with van der Waals surface area (Å²) in [5.41, 5.74) is 1.24. The number of aromatic nitrogens is 2. The number of nitrogens with zero attached hydrogens (tertiary/aromatic N) is 2. The Morgan fingerprint density at radius 3 is 2.71 bits per heavy atom. The molecule has 1 heterocycles. The maximum absolute atomic E-state index is 13.8. The van der Waals surface area contributed by atoms with Gasteiger partial charge in [-0.2, -0.15) is 5.10 Å². The summed E-state index contributed by atoms with van der Waals surface area (Å²) in [5, 5.41) is 6.70. The summed E-state index contributed by atoms with van der Waals surface area (Å²) in [6.07, 6.45) is 0.734. The Kier molecular flexibility index (Phi) is 4.35. The average Bonchev–Trinajstić information content (AvgIpc) is 2.96. The molecular weight excluding hydrogens is 276 g/mol. The van der Waals surface area contributed by atoms with Gasteiger partial charge in [0.25, 0.3) is 5.91 Å². The molecule has 0 saturated heterocycles. The van der Waals surface area contributed by atoms with Gasteiger partial charge in [0, 0.05) is 18.3 Å². The van der Waals surface area contributed by atoms with Crippen molar-refractivity contribution in [3.63, 3.8) is 0 Å². The number of carbonyl (C=O) groups excluding carboxylic acids is 1. The maximum Gasteiger partial charge on any atom is 0.274 e. The van der Waals surface area contributed by atoms with E-state index in [1.165, 1.54) is 11.9 Å². The van der Waals surface area contributed by atoms with Crippen LogP contribution in [0.3, 0.4) is 0 Å². The van der Waals surface area contributed by atoms with Gasteiger partial charge in [-0.05, 0) is 37.6 Å². The molecule has 0 aliphatic heterocycles. The molecule has 4 nitrogen and oxygen atoms in total. The summed E-state index contributed by atoms with van der Waals surface area (Å²) in [7, 11) is 1.54. The van der Waals surface area contributed by atoms with Crippen LogP contribution in [0.1, 0.15) is 41.6 Å². The number of halogens is 2. The van der Waals surface area contributed by atoms with Gasteiger partial charge in [-0.25, -0.2) is 8.78 Å². The molecule has 0 radical (unpaired) electrons. The van der Waals surface area contributed by atoms with Crippen LogP contribution in [0.2, 0.25) is 0 Å². The fraction of sp³-hybridized carbons (Fsp3) is 0.333. The van der Waals surface area contributed by atoms with Gasteiger partial charge in [-0.3, -0.25) is 9.89 Å². The molecule has 0 aliphatic carbocycles. The summed E-state index contributed by atoms with van der Waals surface area (Å²) in [4.78, 5) is 13.7. The normalized spacial score (nSPS) is 12.2. The van der Waals surface area contributed by atoms with E-state index in [1.807, 2.05) is 6.92 Å². The number of rotatable bonds is 4. The van der Waals surface area contributed by atoms with Crippen LogP contribution < -0.4 is 0 Å². The van der Waals surface area contributed by atoms with Crippen molar-refractivity contribution in [2.75, 3.05) is 7.05 Å². The molecule has 2 aromatic rings. The van der Waals surface area contributed by atoms with Gasteiger partial charge >= 0.3 is 0 Å². The van der Waals surface area contributed by atoms with Crippen molar-refractivity contribution in [1.29, 1.82) is 0 Å². The van der Waals surface area contributed by atoms with Gasteiger partial charge in [0.15, 0.2) is 0 Å². The number of nitrogens with one attached hydrogen (secondary N) is 1. The molecule has 0 bridgehead atoms. The first-order valence-electron chi connectivity index (χ1n) is 6.70. The Morgan fingerprint density at radius 2 is 2.10 bits per heavy atom. The van der Waals surface area contributed by atoms with Gasteiger partial charge in [-0.15, -0.1) is 0 Å². The molecule has 0 saturated carbocycles. The van der Waals surface area contributed by atoms with E-state index in [0.29, 0.717) is 0 Å². The summed E-state index contributed by atoms with van der Waals surface area (Å²) < 4.78 is 27.0. The predicted molar refractivity (Wildman–Crippen MR) is 74.8 cm³/mol. The molecule has 1 aromatic carbocycles. The number of H-pyrrole nitrogens is 1. The molecule has 0 fully saturated rings. The quantitative estimate of drug-likeness (QED) is 0.941. The number of hydrogen-bond acceptors (Lipinski definition) is 2. The summed E-state index contributed by atoms with van der Waals surface area (Å²) >= 11 is 0. The van der Waals surface area contributed by atoms with Crippen molar-refractivity contribution in [3.8, 4) is 0 Å². The number of aryl methyl sites for hydroxylation is 1. The molecule has 0 aliphatic rings. The van der Waals surface area contributed by atoms with E-state index in [4.69, 9.17) is 0 Å². The van der Waals surface area contributed by atoms with E-state index >= 15 is 0 Å². The van der Waals surface area contributed by atoms with E-state index in [1.54, 1.807) is 13.0 Å². The molecule has 1 atom stereocenters. The first-order valence-corrected chi connectivity index (χ1v) is 6.70. The second-order valence-electron chi connectivity index (χ2n) is 4.89. The third-order valence-corrected chi connectivity index (χ3v) is 3.54. The standard InChI is InChI=1S/C15H17F2N3O/c1-4-11-8-14(19-18-11)15(21)20(3)9(2)12-7-10(16)5-6-13(12)17/h5-9H,4H2,1-3H3,(H,18,19). The summed E-state index contributed by atoms with van der Waals surface area (Å²) in [6.45, 7) is 3.58. The molecule has 1 aromatic heterocycles. The van der Waals surface area contributed by atoms with E-state index in [2.05, 4.69) is 10.2 Å². The topological polar surface area (TPSA) is 49.0 Å². The molecule has 0 spiro atoms. The highest BCUT2D eigenvalue weighted by Gasteiger charge is 2.23. The first kappa shape index (κ1) is 15.2. The van der Waals surface area contributed by atoms with Crippen molar-refractivity contribution < 1.29 is 13.6 Å². The Hall–Kier alpha value is -2.24. The average molecular weight is 293 g/mol. The van der Waals surface area contributed by atoms with E-state index in [9.17, 15) is 13.6 Å². The number of hydrogen-bond donors (Lipinski definition) is 1. The van der Waals surface area contributed by atoms with Crippen molar-refractivity contribution >= 4 is 5.91 Å². The van der Waals surface area contributed by atoms with Crippen LogP contribution in [-0.4, -0.2) is 28.1 Å². The van der Waals surface area contributed by atoms with Crippen LogP contribution in [0.25, 0.3) is 0 Å². The number of aromatic amines is 1. The monoisotopic (exact) mass is 293 g/mol. The zero-order valence-corrected chi connectivity index (χ0v) is 12.2. The molecule has 1 unspecified atom stereocenters. The van der Waals surface area contributed by atoms with Crippen LogP contribution in [0.15, 0.2) is 24.3 Å². The largest absolute Gasteiger partial charge is 0.333 e. The minimum Gasteiger partial charge on any atom is -0.333 e. The highest BCUT2D eigenvalue weighted by Crippen LogP contribution is 2.24. The first-order chi connectivity index (χ1) is 9.93. The third-order valence-electron chi connectivity index (χ3n) is 3.54. The van der Waals surface area contributed by atoms with E-state index in [-0.39, 0.29) is 17.2 Å². The van der Waals surface area contributed by atoms with Crippen LogP contribution in [0.4, 0.5) is 8.78 Å². The lowest BCUT2D eigenvalue weighted by atomic mass is 10.1. The van der Waals surface area contributed by atoms with Crippen molar-refractivity contribution in [3.05, 3.63) is 52.9 Å².